The van der Waals surface area contributed by atoms with E-state index in [0.29, 0.717) is 0 Å². The smallest absolute Gasteiger partial charge is 0.325 e. The second-order valence-corrected chi connectivity index (χ2v) is 17.1. The predicted molar refractivity (Wildman–Crippen MR) is 252 cm³/mol. The Morgan fingerprint density at radius 1 is 0.317 bits per heavy atom. The minimum absolute atomic E-state index is 0.0673. The van der Waals surface area contributed by atoms with E-state index in [1.54, 1.807) is 0 Å². The Bertz CT molecular complexity index is 1210. The highest BCUT2D eigenvalue weighted by molar-refractivity contribution is 6.05. The Morgan fingerprint density at radius 2 is 0.508 bits per heavy atom. The molecular formula is C51H87N3O9. The lowest BCUT2D eigenvalue weighted by Crippen LogP contribution is -2.34. The molecule has 0 bridgehead atoms. The van der Waals surface area contributed by atoms with Gasteiger partial charge in [-0.3, -0.25) is 28.8 Å². The van der Waals surface area contributed by atoms with Gasteiger partial charge in [-0.1, -0.05) is 194 Å². The summed E-state index contributed by atoms with van der Waals surface area (Å²) in [6.45, 7) is 6.22. The van der Waals surface area contributed by atoms with Gasteiger partial charge in [0.1, 0.15) is 19.6 Å². The van der Waals surface area contributed by atoms with Crippen LogP contribution in [0.25, 0.3) is 0 Å². The lowest BCUT2D eigenvalue weighted by atomic mass is 10.0. The number of ether oxygens (including phenoxy) is 3. The summed E-state index contributed by atoms with van der Waals surface area (Å²) in [5, 5.41) is 7.52. The molecule has 0 aliphatic carbocycles. The normalized spacial score (nSPS) is 10.9. The van der Waals surface area contributed by atoms with Gasteiger partial charge in [0, 0.05) is 16.7 Å². The molecule has 0 radical (unpaired) electrons. The largest absolute Gasteiger partial charge is 0.464 e. The average molecular weight is 886 g/mol. The lowest BCUT2D eigenvalue weighted by molar-refractivity contribution is -0.143. The van der Waals surface area contributed by atoms with Crippen molar-refractivity contribution in [3.8, 4) is 0 Å². The fourth-order valence-corrected chi connectivity index (χ4v) is 7.26. The van der Waals surface area contributed by atoms with Gasteiger partial charge in [0.25, 0.3) is 17.7 Å². The van der Waals surface area contributed by atoms with Gasteiger partial charge in [0.2, 0.25) is 0 Å². The molecule has 0 aliphatic rings. The minimum atomic E-state index is -0.707. The van der Waals surface area contributed by atoms with Crippen LogP contribution in [-0.2, 0) is 28.6 Å². The molecule has 1 aromatic rings. The summed E-state index contributed by atoms with van der Waals surface area (Å²) in [5.41, 5.74) is -0.202. The highest BCUT2D eigenvalue weighted by Gasteiger charge is 2.19. The number of rotatable bonds is 42. The summed E-state index contributed by atoms with van der Waals surface area (Å²) in [4.78, 5) is 76.9. The number of hydrogen-bond acceptors (Lipinski definition) is 9. The van der Waals surface area contributed by atoms with Gasteiger partial charge < -0.3 is 30.2 Å². The first-order chi connectivity index (χ1) is 30.7. The zero-order valence-corrected chi connectivity index (χ0v) is 39.9. The Morgan fingerprint density at radius 3 is 0.714 bits per heavy atom. The molecule has 3 amide bonds. The van der Waals surface area contributed by atoms with Crippen LogP contribution >= 0.6 is 0 Å². The highest BCUT2D eigenvalue weighted by Crippen LogP contribution is 2.15. The van der Waals surface area contributed by atoms with Crippen LogP contribution < -0.4 is 16.0 Å². The number of nitrogens with one attached hydrogen (secondary N) is 3. The molecule has 0 saturated carbocycles. The topological polar surface area (TPSA) is 166 Å². The monoisotopic (exact) mass is 886 g/mol. The van der Waals surface area contributed by atoms with Crippen molar-refractivity contribution in [2.45, 2.75) is 213 Å². The van der Waals surface area contributed by atoms with E-state index in [-0.39, 0.29) is 36.5 Å². The number of carbonyl (C=O) groups is 6. The number of esters is 3. The molecule has 12 nitrogen and oxygen atoms in total. The first-order valence-corrected chi connectivity index (χ1v) is 25.2. The van der Waals surface area contributed by atoms with E-state index < -0.39 is 55.3 Å². The molecule has 0 unspecified atom stereocenters. The minimum Gasteiger partial charge on any atom is -0.464 e. The van der Waals surface area contributed by atoms with Crippen molar-refractivity contribution in [2.24, 2.45) is 0 Å². The molecular weight excluding hydrogens is 799 g/mol. The van der Waals surface area contributed by atoms with E-state index in [1.807, 2.05) is 0 Å². The van der Waals surface area contributed by atoms with Gasteiger partial charge in [0.15, 0.2) is 0 Å². The molecule has 0 saturated heterocycles. The molecule has 0 fully saturated rings. The van der Waals surface area contributed by atoms with E-state index in [4.69, 9.17) is 14.2 Å². The lowest BCUT2D eigenvalue weighted by Gasteiger charge is -2.12. The van der Waals surface area contributed by atoms with Gasteiger partial charge >= 0.3 is 17.9 Å². The number of unbranched alkanes of at least 4 members (excludes halogenated alkanes) is 27. The summed E-state index contributed by atoms with van der Waals surface area (Å²) < 4.78 is 15.9. The molecule has 63 heavy (non-hydrogen) atoms. The molecule has 12 heteroatoms. The maximum absolute atomic E-state index is 13.2. The van der Waals surface area contributed by atoms with Gasteiger partial charge in [-0.15, -0.1) is 0 Å². The zero-order chi connectivity index (χ0) is 46.0. The molecule has 0 aliphatic heterocycles. The number of hydrogen-bond donors (Lipinski definition) is 3. The molecule has 0 spiro atoms. The molecule has 1 aromatic carbocycles. The highest BCUT2D eigenvalue weighted by atomic mass is 16.5. The van der Waals surface area contributed by atoms with Crippen molar-refractivity contribution in [3.63, 3.8) is 0 Å². The van der Waals surface area contributed by atoms with E-state index in [9.17, 15) is 28.8 Å². The first kappa shape index (κ1) is 57.1. The summed E-state index contributed by atoms with van der Waals surface area (Å²) in [5.74, 6) is -3.92. The van der Waals surface area contributed by atoms with Crippen molar-refractivity contribution in [1.29, 1.82) is 0 Å². The van der Waals surface area contributed by atoms with Crippen LogP contribution in [0.3, 0.4) is 0 Å². The van der Waals surface area contributed by atoms with Crippen LogP contribution in [0.4, 0.5) is 0 Å². The maximum Gasteiger partial charge on any atom is 0.325 e. The third-order valence-electron chi connectivity index (χ3n) is 11.2. The van der Waals surface area contributed by atoms with Crippen molar-refractivity contribution in [1.82, 2.24) is 16.0 Å². The Balaban J connectivity index is 2.66. The van der Waals surface area contributed by atoms with Crippen LogP contribution in [0.1, 0.15) is 244 Å². The third-order valence-corrected chi connectivity index (χ3v) is 11.2. The average Bonchev–Trinajstić information content (AvgIpc) is 3.29. The quantitative estimate of drug-likeness (QED) is 0.0329. The maximum atomic E-state index is 13.2. The number of carbonyl (C=O) groups excluding carboxylic acids is 6. The molecule has 0 heterocycles. The van der Waals surface area contributed by atoms with Crippen LogP contribution in [0, 0.1) is 0 Å². The first-order valence-electron chi connectivity index (χ1n) is 25.2. The summed E-state index contributed by atoms with van der Waals surface area (Å²) in [7, 11) is 0. The molecule has 0 atom stereocenters. The third kappa shape index (κ3) is 33.2. The van der Waals surface area contributed by atoms with Crippen molar-refractivity contribution in [3.05, 3.63) is 34.9 Å². The second-order valence-electron chi connectivity index (χ2n) is 17.1. The fourth-order valence-electron chi connectivity index (χ4n) is 7.26. The van der Waals surface area contributed by atoms with Crippen molar-refractivity contribution in [2.75, 3.05) is 39.5 Å². The SMILES string of the molecule is CCCCCCCCCCCCOC(=O)CNC(=O)c1cc(C(=O)NCC(=O)OCCCCCCCCCCCC)cc(C(=O)NCC(=O)OCCCCCCCCCCCC)c1. The molecule has 1 rings (SSSR count). The van der Waals surface area contributed by atoms with Crippen LogP contribution in [0.5, 0.6) is 0 Å². The van der Waals surface area contributed by atoms with Gasteiger partial charge in [-0.2, -0.15) is 0 Å². The fraction of sp³-hybridized carbons (Fsp3) is 0.765. The van der Waals surface area contributed by atoms with E-state index >= 15 is 0 Å². The number of benzene rings is 1. The van der Waals surface area contributed by atoms with Gasteiger partial charge in [0.05, 0.1) is 19.8 Å². The van der Waals surface area contributed by atoms with Gasteiger partial charge in [-0.05, 0) is 37.5 Å². The molecule has 360 valence electrons. The number of amides is 3. The summed E-state index contributed by atoms with van der Waals surface area (Å²) in [6, 6.07) is 3.81. The van der Waals surface area contributed by atoms with Crippen LogP contribution in [0.2, 0.25) is 0 Å². The Hall–Kier alpha value is -3.96. The van der Waals surface area contributed by atoms with Crippen LogP contribution in [-0.4, -0.2) is 75.1 Å². The summed E-state index contributed by atoms with van der Waals surface area (Å²) in [6.07, 6.45) is 34.7. The van der Waals surface area contributed by atoms with Crippen LogP contribution in [0.15, 0.2) is 18.2 Å². The van der Waals surface area contributed by atoms with Gasteiger partial charge in [-0.25, -0.2) is 0 Å². The molecule has 3 N–H and O–H groups in total. The Labute approximate surface area is 381 Å². The predicted octanol–water partition coefficient (Wildman–Crippen LogP) is 11.3. The second kappa shape index (κ2) is 40.8. The zero-order valence-electron chi connectivity index (χ0n) is 39.9. The molecule has 0 aromatic heterocycles. The van der Waals surface area contributed by atoms with E-state index in [2.05, 4.69) is 36.7 Å². The van der Waals surface area contributed by atoms with E-state index in [1.165, 1.54) is 153 Å². The standard InChI is InChI=1S/C51H87N3O9/c1-4-7-10-13-16-19-22-25-28-31-34-61-46(55)40-52-49(58)43-37-44(50(59)53-41-47(56)62-35-32-29-26-23-20-17-14-11-8-5-2)39-45(38-43)51(60)54-42-48(57)63-36-33-30-27-24-21-18-15-12-9-6-3/h37-39H,4-36,40-42H2,1-3H3,(H,52,58)(H,53,59)(H,54,60). The van der Waals surface area contributed by atoms with E-state index in [0.717, 1.165) is 57.8 Å². The van der Waals surface area contributed by atoms with Crippen molar-refractivity contribution >= 4 is 35.6 Å². The Kier molecular flexibility index (Phi) is 36.9. The summed E-state index contributed by atoms with van der Waals surface area (Å²) >= 11 is 0. The van der Waals surface area contributed by atoms with Crippen molar-refractivity contribution < 1.29 is 43.0 Å².